The van der Waals surface area contributed by atoms with E-state index in [0.717, 1.165) is 50.1 Å². The van der Waals surface area contributed by atoms with Crippen LogP contribution in [-0.4, -0.2) is 202 Å². The zero-order chi connectivity index (χ0) is 89.7. The van der Waals surface area contributed by atoms with E-state index in [1.54, 1.807) is 122 Å². The van der Waals surface area contributed by atoms with Gasteiger partial charge in [0.1, 0.15) is 80.0 Å². The van der Waals surface area contributed by atoms with Crippen LogP contribution >= 0.6 is 0 Å². The number of imide groups is 4. The molecule has 0 radical (unpaired) electrons. The number of furan rings is 4. The largest absolute Gasteiger partial charge is 0.497 e. The SMILES string of the molecule is COc1ccc2c(c1)C(=O)N(C[C@@]1(c3cc4c(-c5cn[nH]c5)nccc4o3)NC(=O)NC1=O)C2.COc1ccc2c(c1)C(=O)N(C[C@@]1(c3cc4c(C)nccc4o3)NC(=O)NC1=O)C2.COc1ccc2c(c1)C(=O)N(C[C@@]1(c3cc4c(N5CCOCC5)nccc4o3)NC(=O)NC1=O)C2.COc1ccc2c(c1)C(=O)N(C[C@@]1(c3cc4cnc(N)cc4o3)NC(=O)NC1=O)C2. The van der Waals surface area contributed by atoms with E-state index < -0.39 is 69.9 Å². The van der Waals surface area contributed by atoms with Gasteiger partial charge in [0.05, 0.1) is 85.1 Å². The summed E-state index contributed by atoms with van der Waals surface area (Å²) in [5, 5.41) is 29.3. The minimum Gasteiger partial charge on any atom is -0.497 e. The third kappa shape index (κ3) is 14.3. The van der Waals surface area contributed by atoms with E-state index in [1.165, 1.54) is 60.3 Å². The lowest BCUT2D eigenvalue weighted by atomic mass is 9.95. The number of H-pyrrole nitrogens is 1. The van der Waals surface area contributed by atoms with Gasteiger partial charge in [-0.05, 0) is 120 Å². The molecule has 5 saturated heterocycles. The number of fused-ring (bicyclic) bond motifs is 8. The van der Waals surface area contributed by atoms with Crippen molar-refractivity contribution in [2.24, 2.45) is 0 Å². The topological polar surface area (TPSA) is 522 Å². The molecule has 4 atom stereocenters. The fraction of sp³-hybridized carbons (Fsp3) is 0.239. The number of anilines is 2. The molecular formula is C88H76N20O21. The van der Waals surface area contributed by atoms with Crippen LogP contribution < -0.4 is 72.1 Å². The first-order valence-corrected chi connectivity index (χ1v) is 40.3. The number of aromatic amines is 1. The molecule has 41 heteroatoms. The highest BCUT2D eigenvalue weighted by molar-refractivity contribution is 6.12. The van der Waals surface area contributed by atoms with Gasteiger partial charge in [0, 0.05) is 126 Å². The summed E-state index contributed by atoms with van der Waals surface area (Å²) in [5.41, 5.74) is 8.75. The molecule has 0 unspecified atom stereocenters. The fourth-order valence-electron chi connectivity index (χ4n) is 17.4. The predicted octanol–water partition coefficient (Wildman–Crippen LogP) is 6.23. The summed E-state index contributed by atoms with van der Waals surface area (Å²) in [4.78, 5) is 178. The third-order valence-corrected chi connectivity index (χ3v) is 24.0. The van der Waals surface area contributed by atoms with Crippen molar-refractivity contribution in [3.8, 4) is 34.3 Å². The third-order valence-electron chi connectivity index (χ3n) is 24.0. The normalized spacial score (nSPS) is 20.6. The smallest absolute Gasteiger partial charge is 0.322 e. The summed E-state index contributed by atoms with van der Waals surface area (Å²) in [6.07, 6.45) is 9.69. The quantitative estimate of drug-likeness (QED) is 0.0426. The molecule has 0 saturated carbocycles. The van der Waals surface area contributed by atoms with Gasteiger partial charge in [-0.25, -0.2) is 29.1 Å². The second kappa shape index (κ2) is 31.8. The number of carbonyl (C=O) groups excluding carboxylic acids is 12. The maximum absolute atomic E-state index is 13.2. The van der Waals surface area contributed by atoms with Gasteiger partial charge in [0.25, 0.3) is 47.3 Å². The molecule has 9 aromatic heterocycles. The van der Waals surface area contributed by atoms with Crippen molar-refractivity contribution in [3.63, 3.8) is 0 Å². The first-order chi connectivity index (χ1) is 62.3. The number of aromatic nitrogens is 6. The number of aryl methyl sites for hydroxylation is 1. The van der Waals surface area contributed by atoms with Crippen molar-refractivity contribution in [1.29, 1.82) is 0 Å². The molecule has 654 valence electrons. The highest BCUT2D eigenvalue weighted by atomic mass is 16.5. The second-order valence-corrected chi connectivity index (χ2v) is 31.6. The molecule has 129 heavy (non-hydrogen) atoms. The van der Waals surface area contributed by atoms with Gasteiger partial charge in [-0.2, -0.15) is 5.10 Å². The summed E-state index contributed by atoms with van der Waals surface area (Å²) in [7, 11) is 6.12. The molecule has 0 spiro atoms. The van der Waals surface area contributed by atoms with Gasteiger partial charge in [-0.15, -0.1) is 0 Å². The lowest BCUT2D eigenvalue weighted by Gasteiger charge is -2.29. The standard InChI is InChI=1S/C24H23N5O6.C23H18N6O5.C21H18N4O5.C20H17N5O5/c1-33-15-3-2-14-12-29(21(30)16(14)10-15)13-24(22(31)26-23(32)27-24)19-11-17-18(35-19)4-5-25-20(17)28-6-8-34-9-7-28;1-33-14-3-2-12-10-29(20(30)15(12)6-14)11-23(21(31)27-22(32)28-23)18-7-16-17(34-18)4-5-24-19(16)13-8-25-26-9-13;1-11-14-8-17(30-16(14)5-6-22-11)21(19(27)23-20(28)24-21)10-25-9-12-3-4-13(29-2)7-15(12)18(25)26;1-29-12-3-2-10-8-25(17(26)13(10)5-12)9-20(18(27)23-19(28)24-20)15-4-11-7-22-16(21)6-14(11)30-15/h2-5,10-11H,6-9,12-13H2,1H3,(H2,26,27,31,32);2-9H,10-11H2,1H3,(H,25,26)(H2,27,28,31,32);3-8H,9-10H2,1-2H3,(H2,23,24,27,28);2-7H,8-9H2,1H3,(H2,21,22)(H2,23,24,27,28)/t24-;23-;21-;20-/m0000/s1. The van der Waals surface area contributed by atoms with Crippen molar-refractivity contribution in [2.45, 2.75) is 55.3 Å². The van der Waals surface area contributed by atoms with Gasteiger partial charge in [0.2, 0.25) is 0 Å². The molecule has 9 aliphatic rings. The van der Waals surface area contributed by atoms with Crippen LogP contribution in [0.25, 0.3) is 55.1 Å². The molecule has 41 nitrogen and oxygen atoms in total. The van der Waals surface area contributed by atoms with Gasteiger partial charge >= 0.3 is 24.1 Å². The molecule has 22 rings (SSSR count). The molecule has 18 heterocycles. The highest BCUT2D eigenvalue weighted by Gasteiger charge is 2.58. The van der Waals surface area contributed by atoms with Gasteiger partial charge in [-0.3, -0.25) is 74.7 Å². The van der Waals surface area contributed by atoms with Gasteiger partial charge in [0.15, 0.2) is 22.2 Å². The van der Waals surface area contributed by atoms with Crippen LogP contribution in [0.1, 0.15) is 92.4 Å². The van der Waals surface area contributed by atoms with Crippen molar-refractivity contribution >= 4 is 127 Å². The fourth-order valence-corrected chi connectivity index (χ4v) is 17.4. The average Bonchev–Trinajstić information content (AvgIpc) is 1.57. The Morgan fingerprint density at radius 1 is 0.403 bits per heavy atom. The van der Waals surface area contributed by atoms with Crippen LogP contribution in [0.5, 0.6) is 23.0 Å². The number of pyridine rings is 4. The molecule has 0 aliphatic carbocycles. The number of carbonyl (C=O) groups is 12. The summed E-state index contributed by atoms with van der Waals surface area (Å²) < 4.78 is 50.3. The Bertz CT molecular complexity index is 6930. The maximum atomic E-state index is 13.2. The monoisotopic (exact) mass is 1750 g/mol. The number of nitrogens with one attached hydrogen (secondary N) is 9. The van der Waals surface area contributed by atoms with Crippen LogP contribution in [0.2, 0.25) is 0 Å². The van der Waals surface area contributed by atoms with E-state index in [1.807, 2.05) is 31.2 Å². The summed E-state index contributed by atoms with van der Waals surface area (Å²) in [5.74, 6) is 0.744. The van der Waals surface area contributed by atoms with Crippen molar-refractivity contribution in [2.75, 3.05) is 91.6 Å². The van der Waals surface area contributed by atoms with Crippen molar-refractivity contribution in [1.82, 2.24) is 92.3 Å². The number of nitrogen functional groups attached to an aromatic ring is 1. The Kier molecular flexibility index (Phi) is 20.2. The summed E-state index contributed by atoms with van der Waals surface area (Å²) in [6, 6.07) is 31.8. The number of amides is 16. The van der Waals surface area contributed by atoms with E-state index in [2.05, 4.69) is 77.6 Å². The Morgan fingerprint density at radius 3 is 1.15 bits per heavy atom. The van der Waals surface area contributed by atoms with Crippen LogP contribution in [0.3, 0.4) is 0 Å². The number of rotatable bonds is 18. The van der Waals surface area contributed by atoms with E-state index in [9.17, 15) is 57.5 Å². The number of methoxy groups -OCH3 is 4. The molecule has 5 fully saturated rings. The zero-order valence-corrected chi connectivity index (χ0v) is 69.1. The number of ether oxygens (including phenoxy) is 5. The molecule has 9 aliphatic heterocycles. The van der Waals surface area contributed by atoms with E-state index in [4.69, 9.17) is 47.1 Å². The van der Waals surface area contributed by atoms with Crippen LogP contribution in [0.4, 0.5) is 30.8 Å². The lowest BCUT2D eigenvalue weighted by Crippen LogP contribution is -2.52. The van der Waals surface area contributed by atoms with E-state index in [0.29, 0.717) is 123 Å². The summed E-state index contributed by atoms with van der Waals surface area (Å²) >= 11 is 0. The number of hydrogen-bond donors (Lipinski definition) is 10. The molecule has 13 aromatic rings. The predicted molar refractivity (Wildman–Crippen MR) is 450 cm³/mol. The van der Waals surface area contributed by atoms with Crippen LogP contribution in [-0.2, 0) is 72.2 Å². The number of nitrogens with zero attached hydrogens (tertiary/aromatic N) is 10. The first-order valence-electron chi connectivity index (χ1n) is 40.3. The zero-order valence-electron chi connectivity index (χ0n) is 69.1. The summed E-state index contributed by atoms with van der Waals surface area (Å²) in [6.45, 7) is 5.15. The van der Waals surface area contributed by atoms with E-state index >= 15 is 0 Å². The Morgan fingerprint density at radius 2 is 0.767 bits per heavy atom. The minimum atomic E-state index is -1.61. The highest BCUT2D eigenvalue weighted by Crippen LogP contribution is 2.43. The lowest BCUT2D eigenvalue weighted by molar-refractivity contribution is -0.126. The number of benzene rings is 4. The van der Waals surface area contributed by atoms with Crippen LogP contribution in [0, 0.1) is 6.92 Å². The molecular weight excluding hydrogens is 1670 g/mol. The number of nitrogens with two attached hydrogens (primary N) is 1. The van der Waals surface area contributed by atoms with Crippen molar-refractivity contribution in [3.05, 3.63) is 232 Å². The molecule has 0 bridgehead atoms. The first kappa shape index (κ1) is 81.9. The maximum Gasteiger partial charge on any atom is 0.322 e. The Hall–Kier alpha value is -16.8. The minimum absolute atomic E-state index is 0.0767. The Labute approximate surface area is 727 Å². The van der Waals surface area contributed by atoms with Crippen LogP contribution in [0.15, 0.2) is 176 Å². The number of morpholine rings is 1. The van der Waals surface area contributed by atoms with Gasteiger partial charge in [-0.1, -0.05) is 24.3 Å². The number of urea groups is 4. The second-order valence-electron chi connectivity index (χ2n) is 31.6. The van der Waals surface area contributed by atoms with E-state index in [-0.39, 0.29) is 91.8 Å². The van der Waals surface area contributed by atoms with Gasteiger partial charge < -0.3 is 92.9 Å². The van der Waals surface area contributed by atoms with Crippen molar-refractivity contribution < 1.29 is 98.9 Å². The number of hydrogen-bond acceptors (Lipinski definition) is 28. The molecule has 11 N–H and O–H groups in total. The average molecular weight is 1750 g/mol. The molecule has 4 aromatic carbocycles. The molecule has 16 amide bonds. The Balaban J connectivity index is 0.000000112.